The Morgan fingerprint density at radius 2 is 1.71 bits per heavy atom. The molecule has 0 aromatic carbocycles. The van der Waals surface area contributed by atoms with Crippen molar-refractivity contribution in [2.75, 3.05) is 13.1 Å². The molecule has 1 N–H and O–H groups in total. The van der Waals surface area contributed by atoms with Gasteiger partial charge in [0.05, 0.1) is 4.90 Å². The maximum absolute atomic E-state index is 12.2. The van der Waals surface area contributed by atoms with Crippen LogP contribution in [0.4, 0.5) is 0 Å². The molecule has 0 unspecified atom stereocenters. The van der Waals surface area contributed by atoms with E-state index < -0.39 is 15.9 Å². The number of piperidine rings is 1. The summed E-state index contributed by atoms with van der Waals surface area (Å²) in [6.07, 6.45) is 5.70. The maximum Gasteiger partial charge on any atom is 0.264 e. The van der Waals surface area contributed by atoms with Crippen molar-refractivity contribution < 1.29 is 17.8 Å². The predicted molar refractivity (Wildman–Crippen MR) is 91.8 cm³/mol. The van der Waals surface area contributed by atoms with Crippen LogP contribution in [-0.2, 0) is 14.8 Å². The van der Waals surface area contributed by atoms with Crippen LogP contribution in [0, 0.1) is 5.92 Å². The van der Waals surface area contributed by atoms with Crippen LogP contribution in [0.15, 0.2) is 29.4 Å². The lowest BCUT2D eigenvalue weighted by molar-refractivity contribution is -0.726. The Labute approximate surface area is 144 Å². The van der Waals surface area contributed by atoms with Crippen LogP contribution in [-0.4, -0.2) is 38.4 Å². The highest BCUT2D eigenvalue weighted by atomic mass is 32.2. The number of hydrogen-bond donors (Lipinski definition) is 1. The molecule has 1 aliphatic heterocycles. The fourth-order valence-corrected chi connectivity index (χ4v) is 3.95. The first-order valence-electron chi connectivity index (χ1n) is 8.52. The number of rotatable bonds is 5. The zero-order valence-corrected chi connectivity index (χ0v) is 15.7. The zero-order valence-electron chi connectivity index (χ0n) is 14.9. The summed E-state index contributed by atoms with van der Waals surface area (Å²) in [5, 5.41) is 0. The fourth-order valence-electron chi connectivity index (χ4n) is 2.86. The van der Waals surface area contributed by atoms with Gasteiger partial charge in [-0.25, -0.2) is 17.7 Å². The van der Waals surface area contributed by atoms with E-state index in [1.807, 2.05) is 0 Å². The Hall–Kier alpha value is -1.47. The fraction of sp³-hybridized carbons (Fsp3) is 0.647. The highest BCUT2D eigenvalue weighted by Gasteiger charge is 2.27. The third kappa shape index (κ3) is 4.54. The molecule has 7 heteroatoms. The lowest BCUT2D eigenvalue weighted by atomic mass is 10.0. The van der Waals surface area contributed by atoms with Crippen LogP contribution in [0.5, 0.6) is 0 Å². The number of sulfonamides is 1. The first-order chi connectivity index (χ1) is 11.2. The van der Waals surface area contributed by atoms with E-state index in [0.29, 0.717) is 12.1 Å². The van der Waals surface area contributed by atoms with E-state index in [0.717, 1.165) is 25.9 Å². The van der Waals surface area contributed by atoms with E-state index in [9.17, 15) is 13.2 Å². The number of pyridine rings is 1. The smallest absolute Gasteiger partial charge is 0.264 e. The number of aromatic nitrogens is 1. The van der Waals surface area contributed by atoms with Crippen LogP contribution in [0.1, 0.15) is 46.6 Å². The molecule has 0 aliphatic carbocycles. The van der Waals surface area contributed by atoms with Gasteiger partial charge in [-0.2, -0.15) is 0 Å². The first-order valence-corrected chi connectivity index (χ1v) is 10.0. The Kier molecular flexibility index (Phi) is 5.98. The number of amides is 1. The molecule has 1 fully saturated rings. The molecule has 24 heavy (non-hydrogen) atoms. The Bertz CT molecular complexity index is 661. The van der Waals surface area contributed by atoms with Gasteiger partial charge in [0.2, 0.25) is 5.91 Å². The molecule has 0 radical (unpaired) electrons. The van der Waals surface area contributed by atoms with E-state index in [2.05, 4.69) is 28.0 Å². The largest absolute Gasteiger partial charge is 0.300 e. The summed E-state index contributed by atoms with van der Waals surface area (Å²) < 4.78 is 28.6. The molecule has 2 rings (SSSR count). The second kappa shape index (κ2) is 7.61. The van der Waals surface area contributed by atoms with E-state index in [-0.39, 0.29) is 10.8 Å². The van der Waals surface area contributed by atoms with Crippen LogP contribution in [0.3, 0.4) is 0 Å². The van der Waals surface area contributed by atoms with Crippen LogP contribution in [0.2, 0.25) is 0 Å². The third-order valence-electron chi connectivity index (χ3n) is 4.54. The average Bonchev–Trinajstić information content (AvgIpc) is 2.54. The quantitative estimate of drug-likeness (QED) is 0.813. The summed E-state index contributed by atoms with van der Waals surface area (Å²) in [5.74, 6) is -0.868. The van der Waals surface area contributed by atoms with E-state index >= 15 is 0 Å². The maximum atomic E-state index is 12.2. The van der Waals surface area contributed by atoms with Gasteiger partial charge in [0.25, 0.3) is 10.0 Å². The van der Waals surface area contributed by atoms with Crippen molar-refractivity contribution in [2.45, 2.75) is 57.5 Å². The van der Waals surface area contributed by atoms with Gasteiger partial charge in [0.15, 0.2) is 18.4 Å². The molecule has 0 spiro atoms. The highest BCUT2D eigenvalue weighted by molar-refractivity contribution is 7.90. The summed E-state index contributed by atoms with van der Waals surface area (Å²) in [4.78, 5) is 14.2. The number of nitrogens with one attached hydrogen (secondary N) is 1. The zero-order chi connectivity index (χ0) is 17.9. The van der Waals surface area contributed by atoms with Crippen LogP contribution >= 0.6 is 0 Å². The van der Waals surface area contributed by atoms with Gasteiger partial charge < -0.3 is 4.90 Å². The molecular weight excluding hydrogens is 326 g/mol. The second-order valence-corrected chi connectivity index (χ2v) is 8.65. The third-order valence-corrected chi connectivity index (χ3v) is 5.91. The highest BCUT2D eigenvalue weighted by Crippen LogP contribution is 2.19. The first kappa shape index (κ1) is 18.9. The van der Waals surface area contributed by atoms with Crippen molar-refractivity contribution in [3.8, 4) is 0 Å². The summed E-state index contributed by atoms with van der Waals surface area (Å²) in [6.45, 7) is 9.84. The topological polar surface area (TPSA) is 70.4 Å². The summed E-state index contributed by atoms with van der Waals surface area (Å²) in [7, 11) is -3.79. The summed E-state index contributed by atoms with van der Waals surface area (Å²) in [5.41, 5.74) is 0. The molecule has 1 aromatic rings. The van der Waals surface area contributed by atoms with Crippen molar-refractivity contribution in [1.29, 1.82) is 0 Å². The number of likely N-dealkylation sites (tertiary alicyclic amines) is 1. The van der Waals surface area contributed by atoms with Gasteiger partial charge in [0.1, 0.15) is 0 Å². The molecule has 6 nitrogen and oxygen atoms in total. The molecule has 134 valence electrons. The molecule has 1 aliphatic rings. The van der Waals surface area contributed by atoms with Gasteiger partial charge in [-0.15, -0.1) is 0 Å². The van der Waals surface area contributed by atoms with Gasteiger partial charge >= 0.3 is 0 Å². The minimum absolute atomic E-state index is 0.118. The molecule has 0 saturated carbocycles. The van der Waals surface area contributed by atoms with Gasteiger partial charge in [-0.05, 0) is 13.8 Å². The van der Waals surface area contributed by atoms with Crippen molar-refractivity contribution >= 4 is 15.9 Å². The SMILES string of the molecule is CC(C)C(=O)NS(=O)(=O)c1cc[n+](C2CCN(C(C)C)CC2)cc1. The number of nitrogens with zero attached hydrogens (tertiary/aromatic N) is 2. The van der Waals surface area contributed by atoms with Crippen molar-refractivity contribution in [3.63, 3.8) is 0 Å². The summed E-state index contributed by atoms with van der Waals surface area (Å²) >= 11 is 0. The minimum Gasteiger partial charge on any atom is -0.300 e. The molecule has 1 aromatic heterocycles. The normalized spacial score (nSPS) is 17.4. The van der Waals surface area contributed by atoms with Crippen molar-refractivity contribution in [2.24, 2.45) is 5.92 Å². The molecule has 0 bridgehead atoms. The van der Waals surface area contributed by atoms with Gasteiger partial charge in [0, 0.05) is 50.0 Å². The van der Waals surface area contributed by atoms with Crippen LogP contribution in [0.25, 0.3) is 0 Å². The Morgan fingerprint density at radius 3 is 2.17 bits per heavy atom. The minimum atomic E-state index is -3.79. The summed E-state index contributed by atoms with van der Waals surface area (Å²) in [6, 6.07) is 4.07. The average molecular weight is 354 g/mol. The van der Waals surface area contributed by atoms with Gasteiger partial charge in [-0.3, -0.25) is 4.79 Å². The molecule has 1 amide bonds. The van der Waals surface area contributed by atoms with E-state index in [1.165, 1.54) is 0 Å². The monoisotopic (exact) mass is 354 g/mol. The lowest BCUT2D eigenvalue weighted by Gasteiger charge is -2.32. The predicted octanol–water partition coefficient (Wildman–Crippen LogP) is 1.48. The number of carbonyl (C=O) groups excluding carboxylic acids is 1. The molecule has 1 saturated heterocycles. The van der Waals surface area contributed by atoms with Gasteiger partial charge in [-0.1, -0.05) is 13.8 Å². The van der Waals surface area contributed by atoms with E-state index in [4.69, 9.17) is 0 Å². The molecular formula is C17H28N3O3S+. The van der Waals surface area contributed by atoms with Crippen molar-refractivity contribution in [3.05, 3.63) is 24.5 Å². The standard InChI is InChI=1S/C17H27N3O3S/c1-13(2)17(21)18-24(22,23)16-7-11-20(12-8-16)15-5-9-19(10-6-15)14(3)4/h7-8,11-15H,5-6,9-10H2,1-4H3/p+1. The van der Waals surface area contributed by atoms with E-state index in [1.54, 1.807) is 38.4 Å². The number of carbonyl (C=O) groups is 1. The lowest BCUT2D eigenvalue weighted by Crippen LogP contribution is -2.47. The molecule has 0 atom stereocenters. The molecule has 2 heterocycles. The Balaban J connectivity index is 2.04. The van der Waals surface area contributed by atoms with Crippen LogP contribution < -0.4 is 9.29 Å². The second-order valence-electron chi connectivity index (χ2n) is 6.97. The Morgan fingerprint density at radius 1 is 1.17 bits per heavy atom. The van der Waals surface area contributed by atoms with Crippen molar-refractivity contribution in [1.82, 2.24) is 9.62 Å². The number of hydrogen-bond acceptors (Lipinski definition) is 4.